The van der Waals surface area contributed by atoms with E-state index in [1.807, 2.05) is 6.07 Å². The Kier molecular flexibility index (Phi) is 3.16. The summed E-state index contributed by atoms with van der Waals surface area (Å²) in [6.45, 7) is 0. The maximum Gasteiger partial charge on any atom is 0.172 e. The maximum absolute atomic E-state index is 14.0. The van der Waals surface area contributed by atoms with Crippen LogP contribution >= 0.6 is 0 Å². The predicted octanol–water partition coefficient (Wildman–Crippen LogP) is 3.08. The molecule has 2 aromatic rings. The molecular formula is C14H10FNO2. The Labute approximate surface area is 104 Å². The number of aromatic hydroxyl groups is 1. The highest BCUT2D eigenvalue weighted by molar-refractivity contribution is 5.69. The SMILES string of the molecule is COc1cccc(-c2cc(O)cc(C#N)c2)c1F. The number of benzene rings is 2. The molecule has 0 amide bonds. The van der Waals surface area contributed by atoms with Gasteiger partial charge in [0, 0.05) is 5.56 Å². The summed E-state index contributed by atoms with van der Waals surface area (Å²) in [5.41, 5.74) is 0.983. The van der Waals surface area contributed by atoms with Crippen LogP contribution in [0.25, 0.3) is 11.1 Å². The van der Waals surface area contributed by atoms with Gasteiger partial charge < -0.3 is 9.84 Å². The van der Waals surface area contributed by atoms with Crippen LogP contribution in [0.5, 0.6) is 11.5 Å². The van der Waals surface area contributed by atoms with Crippen LogP contribution in [-0.4, -0.2) is 12.2 Å². The van der Waals surface area contributed by atoms with Gasteiger partial charge in [0.1, 0.15) is 5.75 Å². The normalized spacial score (nSPS) is 9.83. The van der Waals surface area contributed by atoms with Crippen molar-refractivity contribution in [3.63, 3.8) is 0 Å². The molecule has 0 radical (unpaired) electrons. The zero-order chi connectivity index (χ0) is 13.1. The van der Waals surface area contributed by atoms with Crippen molar-refractivity contribution in [1.29, 1.82) is 5.26 Å². The molecule has 0 saturated heterocycles. The van der Waals surface area contributed by atoms with Crippen molar-refractivity contribution in [2.75, 3.05) is 7.11 Å². The molecule has 0 aliphatic rings. The average Bonchev–Trinajstić information content (AvgIpc) is 2.38. The fourth-order valence-electron chi connectivity index (χ4n) is 1.72. The molecule has 0 aromatic heterocycles. The maximum atomic E-state index is 14.0. The molecule has 2 aromatic carbocycles. The van der Waals surface area contributed by atoms with Gasteiger partial charge in [-0.3, -0.25) is 0 Å². The quantitative estimate of drug-likeness (QED) is 0.881. The lowest BCUT2D eigenvalue weighted by molar-refractivity contribution is 0.387. The molecule has 0 aliphatic heterocycles. The molecular weight excluding hydrogens is 233 g/mol. The largest absolute Gasteiger partial charge is 0.508 e. The van der Waals surface area contributed by atoms with E-state index in [4.69, 9.17) is 10.00 Å². The van der Waals surface area contributed by atoms with Crippen LogP contribution in [0, 0.1) is 17.1 Å². The molecule has 0 heterocycles. The minimum atomic E-state index is -0.519. The Morgan fingerprint density at radius 3 is 2.72 bits per heavy atom. The highest BCUT2D eigenvalue weighted by Gasteiger charge is 2.11. The van der Waals surface area contributed by atoms with Gasteiger partial charge in [0.2, 0.25) is 0 Å². The summed E-state index contributed by atoms with van der Waals surface area (Å²) in [6.07, 6.45) is 0. The Bertz CT molecular complexity index is 632. The van der Waals surface area contributed by atoms with Crippen molar-refractivity contribution in [2.24, 2.45) is 0 Å². The van der Waals surface area contributed by atoms with Crippen molar-refractivity contribution in [2.45, 2.75) is 0 Å². The molecule has 2 rings (SSSR count). The van der Waals surface area contributed by atoms with Crippen LogP contribution in [0.4, 0.5) is 4.39 Å². The van der Waals surface area contributed by atoms with Crippen molar-refractivity contribution < 1.29 is 14.2 Å². The highest BCUT2D eigenvalue weighted by Crippen LogP contribution is 2.31. The molecule has 4 heteroatoms. The summed E-state index contributed by atoms with van der Waals surface area (Å²) in [4.78, 5) is 0. The van der Waals surface area contributed by atoms with Gasteiger partial charge in [-0.05, 0) is 29.8 Å². The van der Waals surface area contributed by atoms with E-state index >= 15 is 0 Å². The molecule has 0 aliphatic carbocycles. The second-order valence-corrected chi connectivity index (χ2v) is 3.70. The molecule has 0 atom stereocenters. The number of phenolic OH excluding ortho intramolecular Hbond substituents is 1. The summed E-state index contributed by atoms with van der Waals surface area (Å²) in [5.74, 6) is -0.477. The van der Waals surface area contributed by atoms with Crippen LogP contribution in [-0.2, 0) is 0 Å². The van der Waals surface area contributed by atoms with Gasteiger partial charge >= 0.3 is 0 Å². The van der Waals surface area contributed by atoms with Gasteiger partial charge in [0.05, 0.1) is 18.7 Å². The van der Waals surface area contributed by atoms with Crippen LogP contribution in [0.2, 0.25) is 0 Å². The molecule has 0 spiro atoms. The lowest BCUT2D eigenvalue weighted by Crippen LogP contribution is -1.91. The van der Waals surface area contributed by atoms with E-state index in [-0.39, 0.29) is 22.6 Å². The summed E-state index contributed by atoms with van der Waals surface area (Å²) in [6, 6.07) is 10.9. The molecule has 0 bridgehead atoms. The number of phenols is 1. The lowest BCUT2D eigenvalue weighted by Gasteiger charge is -2.08. The number of hydrogen-bond donors (Lipinski definition) is 1. The standard InChI is InChI=1S/C14H10FNO2/c1-18-13-4-2-3-12(14(13)15)10-5-9(8-16)6-11(17)7-10/h2-7,17H,1H3. The summed E-state index contributed by atoms with van der Waals surface area (Å²) < 4.78 is 18.9. The first-order chi connectivity index (χ1) is 8.65. The van der Waals surface area contributed by atoms with Crippen LogP contribution in [0.3, 0.4) is 0 Å². The first-order valence-corrected chi connectivity index (χ1v) is 5.22. The Morgan fingerprint density at radius 2 is 2.06 bits per heavy atom. The Morgan fingerprint density at radius 1 is 1.28 bits per heavy atom. The summed E-state index contributed by atoms with van der Waals surface area (Å²) in [7, 11) is 1.38. The highest BCUT2D eigenvalue weighted by atomic mass is 19.1. The first kappa shape index (κ1) is 11.9. The summed E-state index contributed by atoms with van der Waals surface area (Å²) in [5, 5.41) is 18.3. The molecule has 0 saturated carbocycles. The van der Waals surface area contributed by atoms with E-state index in [1.54, 1.807) is 12.1 Å². The second kappa shape index (κ2) is 4.76. The number of halogens is 1. The van der Waals surface area contributed by atoms with E-state index in [2.05, 4.69) is 0 Å². The minimum Gasteiger partial charge on any atom is -0.508 e. The monoisotopic (exact) mass is 243 g/mol. The Hall–Kier alpha value is -2.54. The number of rotatable bonds is 2. The van der Waals surface area contributed by atoms with Gasteiger partial charge in [-0.1, -0.05) is 12.1 Å². The third-order valence-corrected chi connectivity index (χ3v) is 2.54. The van der Waals surface area contributed by atoms with Crippen LogP contribution in [0.15, 0.2) is 36.4 Å². The van der Waals surface area contributed by atoms with Gasteiger partial charge in [-0.25, -0.2) is 4.39 Å². The topological polar surface area (TPSA) is 53.2 Å². The number of methoxy groups -OCH3 is 1. The number of nitrogens with zero attached hydrogens (tertiary/aromatic N) is 1. The van der Waals surface area contributed by atoms with E-state index in [0.717, 1.165) is 0 Å². The number of ether oxygens (including phenoxy) is 1. The Balaban J connectivity index is 2.62. The molecule has 90 valence electrons. The molecule has 18 heavy (non-hydrogen) atoms. The lowest BCUT2D eigenvalue weighted by atomic mass is 10.0. The zero-order valence-electron chi connectivity index (χ0n) is 9.64. The van der Waals surface area contributed by atoms with Crippen molar-refractivity contribution >= 4 is 0 Å². The molecule has 1 N–H and O–H groups in total. The number of nitriles is 1. The van der Waals surface area contributed by atoms with Gasteiger partial charge in [-0.2, -0.15) is 5.26 Å². The third kappa shape index (κ3) is 2.11. The third-order valence-electron chi connectivity index (χ3n) is 2.54. The predicted molar refractivity (Wildman–Crippen MR) is 64.8 cm³/mol. The van der Waals surface area contributed by atoms with Crippen LogP contribution < -0.4 is 4.74 Å². The minimum absolute atomic E-state index is 0.0775. The van der Waals surface area contributed by atoms with Gasteiger partial charge in [0.15, 0.2) is 11.6 Å². The summed E-state index contributed by atoms with van der Waals surface area (Å²) >= 11 is 0. The zero-order valence-corrected chi connectivity index (χ0v) is 9.64. The van der Waals surface area contributed by atoms with Crippen molar-refractivity contribution in [1.82, 2.24) is 0 Å². The van der Waals surface area contributed by atoms with Crippen LogP contribution in [0.1, 0.15) is 5.56 Å². The fourth-order valence-corrected chi connectivity index (χ4v) is 1.72. The van der Waals surface area contributed by atoms with E-state index < -0.39 is 5.82 Å². The van der Waals surface area contributed by atoms with Crippen molar-refractivity contribution in [3.8, 4) is 28.7 Å². The molecule has 0 fully saturated rings. The molecule has 0 unspecified atom stereocenters. The van der Waals surface area contributed by atoms with E-state index in [0.29, 0.717) is 5.56 Å². The van der Waals surface area contributed by atoms with Gasteiger partial charge in [0.25, 0.3) is 0 Å². The van der Waals surface area contributed by atoms with E-state index in [1.165, 1.54) is 31.4 Å². The van der Waals surface area contributed by atoms with Crippen molar-refractivity contribution in [3.05, 3.63) is 47.8 Å². The number of hydrogen-bond acceptors (Lipinski definition) is 3. The van der Waals surface area contributed by atoms with E-state index in [9.17, 15) is 9.50 Å². The fraction of sp³-hybridized carbons (Fsp3) is 0.0714. The van der Waals surface area contributed by atoms with Gasteiger partial charge in [-0.15, -0.1) is 0 Å². The smallest absolute Gasteiger partial charge is 0.172 e. The second-order valence-electron chi connectivity index (χ2n) is 3.70. The first-order valence-electron chi connectivity index (χ1n) is 5.22. The molecule has 3 nitrogen and oxygen atoms in total. The average molecular weight is 243 g/mol.